The fourth-order valence-corrected chi connectivity index (χ4v) is 2.15. The second-order valence-corrected chi connectivity index (χ2v) is 5.40. The van der Waals surface area contributed by atoms with Crippen LogP contribution in [0, 0.1) is 0 Å². The Morgan fingerprint density at radius 2 is 1.93 bits per heavy atom. The summed E-state index contributed by atoms with van der Waals surface area (Å²) in [6.45, 7) is 5.74. The molecule has 0 saturated heterocycles. The van der Waals surface area contributed by atoms with E-state index in [2.05, 4.69) is 26.0 Å². The summed E-state index contributed by atoms with van der Waals surface area (Å²) in [6.07, 6.45) is 0. The predicted octanol–water partition coefficient (Wildman–Crippen LogP) is 3.10. The average molecular weight is 224 g/mol. The molecule has 0 bridgehead atoms. The minimum Gasteiger partial charge on any atom is -0.486 e. The van der Waals surface area contributed by atoms with Crippen molar-refractivity contribution in [3.05, 3.63) is 23.8 Å². The van der Waals surface area contributed by atoms with Crippen LogP contribution < -0.4 is 9.47 Å². The summed E-state index contributed by atoms with van der Waals surface area (Å²) in [5.74, 6) is 2.80. The Morgan fingerprint density at radius 1 is 1.20 bits per heavy atom. The SMILES string of the molecule is CC(C)SCc1ccc2c(c1)OCCO2. The monoisotopic (exact) mass is 224 g/mol. The van der Waals surface area contributed by atoms with Crippen LogP contribution in [0.25, 0.3) is 0 Å². The Balaban J connectivity index is 2.07. The van der Waals surface area contributed by atoms with Crippen LogP contribution in [-0.4, -0.2) is 18.5 Å². The molecule has 1 aliphatic heterocycles. The third kappa shape index (κ3) is 2.81. The van der Waals surface area contributed by atoms with Gasteiger partial charge in [0.15, 0.2) is 11.5 Å². The molecule has 0 fully saturated rings. The van der Waals surface area contributed by atoms with Gasteiger partial charge < -0.3 is 9.47 Å². The number of hydrogen-bond acceptors (Lipinski definition) is 3. The molecule has 1 aliphatic rings. The van der Waals surface area contributed by atoms with Crippen molar-refractivity contribution in [1.82, 2.24) is 0 Å². The van der Waals surface area contributed by atoms with E-state index in [9.17, 15) is 0 Å². The number of fused-ring (bicyclic) bond motifs is 1. The molecular formula is C12H16O2S. The molecule has 3 heteroatoms. The van der Waals surface area contributed by atoms with Gasteiger partial charge in [0.1, 0.15) is 13.2 Å². The summed E-state index contributed by atoms with van der Waals surface area (Å²) in [4.78, 5) is 0. The maximum Gasteiger partial charge on any atom is 0.161 e. The number of rotatable bonds is 3. The molecule has 0 N–H and O–H groups in total. The van der Waals surface area contributed by atoms with Crippen molar-refractivity contribution in [2.45, 2.75) is 24.9 Å². The Morgan fingerprint density at radius 3 is 2.67 bits per heavy atom. The first-order valence-corrected chi connectivity index (χ1v) is 6.31. The molecule has 0 aromatic heterocycles. The van der Waals surface area contributed by atoms with Gasteiger partial charge >= 0.3 is 0 Å². The molecule has 15 heavy (non-hydrogen) atoms. The smallest absolute Gasteiger partial charge is 0.161 e. The molecule has 0 aliphatic carbocycles. The van der Waals surface area contributed by atoms with E-state index >= 15 is 0 Å². The number of ether oxygens (including phenoxy) is 2. The highest BCUT2D eigenvalue weighted by Crippen LogP contribution is 2.32. The van der Waals surface area contributed by atoms with Gasteiger partial charge in [-0.1, -0.05) is 19.9 Å². The molecule has 0 radical (unpaired) electrons. The van der Waals surface area contributed by atoms with E-state index in [1.54, 1.807) is 0 Å². The lowest BCUT2D eigenvalue weighted by molar-refractivity contribution is 0.171. The lowest BCUT2D eigenvalue weighted by Gasteiger charge is -2.19. The van der Waals surface area contributed by atoms with Gasteiger partial charge in [-0.05, 0) is 22.9 Å². The van der Waals surface area contributed by atoms with E-state index in [-0.39, 0.29) is 0 Å². The van der Waals surface area contributed by atoms with Gasteiger partial charge in [0, 0.05) is 5.75 Å². The quantitative estimate of drug-likeness (QED) is 0.786. The molecule has 1 aromatic rings. The van der Waals surface area contributed by atoms with Crippen LogP contribution in [0.2, 0.25) is 0 Å². The highest BCUT2D eigenvalue weighted by molar-refractivity contribution is 7.99. The van der Waals surface area contributed by atoms with E-state index < -0.39 is 0 Å². The van der Waals surface area contributed by atoms with Crippen molar-refractivity contribution in [2.24, 2.45) is 0 Å². The van der Waals surface area contributed by atoms with Crippen LogP contribution in [0.3, 0.4) is 0 Å². The van der Waals surface area contributed by atoms with E-state index in [4.69, 9.17) is 9.47 Å². The molecule has 2 rings (SSSR count). The van der Waals surface area contributed by atoms with Gasteiger partial charge in [-0.2, -0.15) is 11.8 Å². The summed E-state index contributed by atoms with van der Waals surface area (Å²) in [7, 11) is 0. The van der Waals surface area contributed by atoms with Crippen LogP contribution in [0.1, 0.15) is 19.4 Å². The Kier molecular flexibility index (Phi) is 3.41. The van der Waals surface area contributed by atoms with Crippen molar-refractivity contribution in [1.29, 1.82) is 0 Å². The largest absolute Gasteiger partial charge is 0.486 e. The second kappa shape index (κ2) is 4.79. The molecule has 0 amide bonds. The van der Waals surface area contributed by atoms with Crippen LogP contribution in [0.5, 0.6) is 11.5 Å². The van der Waals surface area contributed by atoms with Gasteiger partial charge in [0.05, 0.1) is 0 Å². The molecule has 1 aromatic carbocycles. The molecule has 82 valence electrons. The molecule has 0 unspecified atom stereocenters. The van der Waals surface area contributed by atoms with Crippen molar-refractivity contribution >= 4 is 11.8 Å². The summed E-state index contributed by atoms with van der Waals surface area (Å²) < 4.78 is 11.0. The fourth-order valence-electron chi connectivity index (χ4n) is 1.44. The Bertz CT molecular complexity index is 336. The van der Waals surface area contributed by atoms with Gasteiger partial charge in [-0.3, -0.25) is 0 Å². The van der Waals surface area contributed by atoms with Crippen molar-refractivity contribution in [2.75, 3.05) is 13.2 Å². The first-order valence-electron chi connectivity index (χ1n) is 5.26. The van der Waals surface area contributed by atoms with Gasteiger partial charge in [0.25, 0.3) is 0 Å². The summed E-state index contributed by atoms with van der Waals surface area (Å²) in [6, 6.07) is 6.21. The van der Waals surface area contributed by atoms with E-state index in [0.717, 1.165) is 17.3 Å². The van der Waals surface area contributed by atoms with Crippen LogP contribution >= 0.6 is 11.8 Å². The predicted molar refractivity (Wildman–Crippen MR) is 63.9 cm³/mol. The lowest BCUT2D eigenvalue weighted by atomic mass is 10.2. The van der Waals surface area contributed by atoms with Gasteiger partial charge in [0.2, 0.25) is 0 Å². The average Bonchev–Trinajstić information content (AvgIpc) is 2.26. The standard InChI is InChI=1S/C12H16O2S/c1-9(2)15-8-10-3-4-11-12(7-10)14-6-5-13-11/h3-4,7,9H,5-6,8H2,1-2H3. The topological polar surface area (TPSA) is 18.5 Å². The maximum atomic E-state index is 5.54. The molecular weight excluding hydrogens is 208 g/mol. The van der Waals surface area contributed by atoms with Crippen molar-refractivity contribution in [3.8, 4) is 11.5 Å². The van der Waals surface area contributed by atoms with E-state index in [1.807, 2.05) is 17.8 Å². The van der Waals surface area contributed by atoms with E-state index in [1.165, 1.54) is 5.56 Å². The number of thioether (sulfide) groups is 1. The zero-order valence-corrected chi connectivity index (χ0v) is 9.97. The van der Waals surface area contributed by atoms with Crippen LogP contribution in [-0.2, 0) is 5.75 Å². The lowest BCUT2D eigenvalue weighted by Crippen LogP contribution is -2.15. The van der Waals surface area contributed by atoms with Crippen molar-refractivity contribution in [3.63, 3.8) is 0 Å². The minimum absolute atomic E-state index is 0.660. The maximum absolute atomic E-state index is 5.54. The Hall–Kier alpha value is -0.830. The summed E-state index contributed by atoms with van der Waals surface area (Å²) >= 11 is 1.94. The van der Waals surface area contributed by atoms with E-state index in [0.29, 0.717) is 18.5 Å². The van der Waals surface area contributed by atoms with Gasteiger partial charge in [-0.15, -0.1) is 0 Å². The highest BCUT2D eigenvalue weighted by atomic mass is 32.2. The second-order valence-electron chi connectivity index (χ2n) is 3.84. The zero-order chi connectivity index (χ0) is 10.7. The third-order valence-corrected chi connectivity index (χ3v) is 3.36. The first-order chi connectivity index (χ1) is 7.25. The summed E-state index contributed by atoms with van der Waals surface area (Å²) in [5, 5.41) is 0.665. The molecule has 0 atom stereocenters. The number of hydrogen-bond donors (Lipinski definition) is 0. The van der Waals surface area contributed by atoms with Crippen molar-refractivity contribution < 1.29 is 9.47 Å². The minimum atomic E-state index is 0.660. The van der Waals surface area contributed by atoms with Crippen LogP contribution in [0.15, 0.2) is 18.2 Å². The summed E-state index contributed by atoms with van der Waals surface area (Å²) in [5.41, 5.74) is 1.30. The first kappa shape index (κ1) is 10.7. The van der Waals surface area contributed by atoms with Crippen LogP contribution in [0.4, 0.5) is 0 Å². The zero-order valence-electron chi connectivity index (χ0n) is 9.16. The molecule has 0 spiro atoms. The normalized spacial score (nSPS) is 14.3. The fraction of sp³-hybridized carbons (Fsp3) is 0.500. The van der Waals surface area contributed by atoms with Gasteiger partial charge in [-0.25, -0.2) is 0 Å². The third-order valence-electron chi connectivity index (χ3n) is 2.19. The molecule has 2 nitrogen and oxygen atoms in total. The molecule has 1 heterocycles. The Labute approximate surface area is 95.0 Å². The molecule has 0 saturated carbocycles. The number of benzene rings is 1. The highest BCUT2D eigenvalue weighted by Gasteiger charge is 2.11.